The van der Waals surface area contributed by atoms with Gasteiger partial charge in [0, 0.05) is 9.79 Å². The summed E-state index contributed by atoms with van der Waals surface area (Å²) in [5.41, 5.74) is 2.47. The van der Waals surface area contributed by atoms with Crippen molar-refractivity contribution in [3.63, 3.8) is 0 Å². The van der Waals surface area contributed by atoms with Crippen molar-refractivity contribution in [2.45, 2.75) is 26.3 Å². The predicted molar refractivity (Wildman–Crippen MR) is 107 cm³/mol. The lowest BCUT2D eigenvalue weighted by Gasteiger charge is -2.14. The molecule has 1 N–H and O–H groups in total. The maximum atomic E-state index is 12.6. The van der Waals surface area contributed by atoms with Gasteiger partial charge in [0.1, 0.15) is 11.3 Å². The van der Waals surface area contributed by atoms with Gasteiger partial charge in [-0.15, -0.1) is 22.0 Å². The zero-order valence-corrected chi connectivity index (χ0v) is 16.7. The summed E-state index contributed by atoms with van der Waals surface area (Å²) in [7, 11) is 1.63. The molecule has 1 amide bonds. The van der Waals surface area contributed by atoms with Gasteiger partial charge in [-0.1, -0.05) is 35.2 Å². The molecule has 3 aromatic rings. The maximum absolute atomic E-state index is 12.6. The van der Waals surface area contributed by atoms with Gasteiger partial charge in [-0.25, -0.2) is 0 Å². The summed E-state index contributed by atoms with van der Waals surface area (Å²) >= 11 is 4.47. The summed E-state index contributed by atoms with van der Waals surface area (Å²) in [5.74, 6) is 0.755. The normalized spacial score (nSPS) is 11.8. The maximum Gasteiger partial charge on any atom is 0.237 e. The molecule has 134 valence electrons. The van der Waals surface area contributed by atoms with E-state index in [9.17, 15) is 4.79 Å². The van der Waals surface area contributed by atoms with Gasteiger partial charge in [0.2, 0.25) is 5.91 Å². The number of thioether (sulfide) groups is 1. The Bertz CT molecular complexity index is 854. The van der Waals surface area contributed by atoms with Crippen LogP contribution in [0.5, 0.6) is 5.75 Å². The van der Waals surface area contributed by atoms with Crippen LogP contribution in [0.3, 0.4) is 0 Å². The predicted octanol–water partition coefficient (Wildman–Crippen LogP) is 4.82. The van der Waals surface area contributed by atoms with Crippen LogP contribution in [-0.4, -0.2) is 28.5 Å². The minimum absolute atomic E-state index is 0.0452. The van der Waals surface area contributed by atoms with Crippen LogP contribution in [0, 0.1) is 0 Å². The molecule has 26 heavy (non-hydrogen) atoms. The minimum Gasteiger partial charge on any atom is -0.497 e. The van der Waals surface area contributed by atoms with Gasteiger partial charge in [-0.2, -0.15) is 0 Å². The summed E-state index contributed by atoms with van der Waals surface area (Å²) in [6, 6.07) is 15.4. The fraction of sp³-hybridized carbons (Fsp3) is 0.167. The molecule has 0 fully saturated rings. The van der Waals surface area contributed by atoms with Crippen LogP contribution in [0.1, 0.15) is 6.92 Å². The van der Waals surface area contributed by atoms with E-state index in [4.69, 9.17) is 4.74 Å². The lowest BCUT2D eigenvalue weighted by Crippen LogP contribution is -2.22. The molecule has 0 bridgehead atoms. The number of hydrogen-bond acceptors (Lipinski definition) is 7. The highest BCUT2D eigenvalue weighted by molar-refractivity contribution is 8.01. The van der Waals surface area contributed by atoms with Crippen LogP contribution in [0.15, 0.2) is 68.2 Å². The fourth-order valence-electron chi connectivity index (χ4n) is 2.11. The molecule has 0 saturated carbocycles. The standard InChI is InChI=1S/C18H17N3O2S3/c1-12(25-14-9-7-13(23-2)8-10-14)17(22)20-15-5-3-4-6-16(15)26-18-21-19-11-24-18/h3-12H,1-2H3,(H,20,22). The Hall–Kier alpha value is -2.03. The lowest BCUT2D eigenvalue weighted by atomic mass is 10.3. The third-order valence-electron chi connectivity index (χ3n) is 3.42. The van der Waals surface area contributed by atoms with Crippen molar-refractivity contribution >= 4 is 46.5 Å². The van der Waals surface area contributed by atoms with Gasteiger partial charge in [0.15, 0.2) is 4.34 Å². The van der Waals surface area contributed by atoms with Gasteiger partial charge >= 0.3 is 0 Å². The quantitative estimate of drug-likeness (QED) is 0.571. The first-order valence-corrected chi connectivity index (χ1v) is 10.4. The van der Waals surface area contributed by atoms with Crippen molar-refractivity contribution in [2.75, 3.05) is 12.4 Å². The van der Waals surface area contributed by atoms with Gasteiger partial charge < -0.3 is 10.1 Å². The van der Waals surface area contributed by atoms with E-state index in [1.54, 1.807) is 12.6 Å². The number of benzene rings is 2. The molecule has 2 aromatic carbocycles. The molecule has 0 radical (unpaired) electrons. The number of nitrogens with one attached hydrogen (secondary N) is 1. The number of ether oxygens (including phenoxy) is 1. The first-order chi connectivity index (χ1) is 12.7. The number of carbonyl (C=O) groups is 1. The smallest absolute Gasteiger partial charge is 0.237 e. The Morgan fingerprint density at radius 3 is 2.65 bits per heavy atom. The number of hydrogen-bond donors (Lipinski definition) is 1. The second-order valence-electron chi connectivity index (χ2n) is 5.23. The average molecular weight is 404 g/mol. The average Bonchev–Trinajstić information content (AvgIpc) is 3.17. The van der Waals surface area contributed by atoms with E-state index < -0.39 is 0 Å². The van der Waals surface area contributed by atoms with Crippen LogP contribution in [0.4, 0.5) is 5.69 Å². The molecule has 5 nitrogen and oxygen atoms in total. The first kappa shape index (κ1) is 18.8. The SMILES string of the molecule is COc1ccc(SC(C)C(=O)Nc2ccccc2Sc2nncs2)cc1. The first-order valence-electron chi connectivity index (χ1n) is 7.80. The van der Waals surface area contributed by atoms with E-state index in [0.29, 0.717) is 0 Å². The van der Waals surface area contributed by atoms with Gasteiger partial charge in [-0.05, 0) is 43.3 Å². The molecule has 1 aromatic heterocycles. The van der Waals surface area contributed by atoms with Gasteiger partial charge in [0.05, 0.1) is 18.0 Å². The van der Waals surface area contributed by atoms with Crippen molar-refractivity contribution in [1.82, 2.24) is 10.2 Å². The summed E-state index contributed by atoms with van der Waals surface area (Å²) in [6.07, 6.45) is 0. The number of rotatable bonds is 7. The van der Waals surface area contributed by atoms with E-state index in [1.165, 1.54) is 34.9 Å². The molecular formula is C18H17N3O2S3. The van der Waals surface area contributed by atoms with Gasteiger partial charge in [0.25, 0.3) is 0 Å². The zero-order chi connectivity index (χ0) is 18.4. The second-order valence-corrected chi connectivity index (χ2v) is 8.76. The van der Waals surface area contributed by atoms with E-state index in [-0.39, 0.29) is 11.2 Å². The molecule has 0 aliphatic rings. The van der Waals surface area contributed by atoms with E-state index >= 15 is 0 Å². The number of carbonyl (C=O) groups excluding carboxylic acids is 1. The highest BCUT2D eigenvalue weighted by Gasteiger charge is 2.16. The Kier molecular flexibility index (Phi) is 6.54. The van der Waals surface area contributed by atoms with Crippen LogP contribution >= 0.6 is 34.9 Å². The fourth-order valence-corrected chi connectivity index (χ4v) is 4.50. The monoisotopic (exact) mass is 403 g/mol. The minimum atomic E-state index is -0.233. The molecule has 8 heteroatoms. The molecule has 0 saturated heterocycles. The largest absolute Gasteiger partial charge is 0.497 e. The topological polar surface area (TPSA) is 64.1 Å². The summed E-state index contributed by atoms with van der Waals surface area (Å²) < 4.78 is 6.00. The van der Waals surface area contributed by atoms with Gasteiger partial charge in [-0.3, -0.25) is 4.79 Å². The summed E-state index contributed by atoms with van der Waals surface area (Å²) in [6.45, 7) is 1.89. The Balaban J connectivity index is 1.65. The van der Waals surface area contributed by atoms with E-state index in [2.05, 4.69) is 15.5 Å². The number of nitrogens with zero attached hydrogens (tertiary/aromatic N) is 2. The molecule has 3 rings (SSSR count). The van der Waals surface area contributed by atoms with Crippen molar-refractivity contribution < 1.29 is 9.53 Å². The van der Waals surface area contributed by atoms with Crippen molar-refractivity contribution in [1.29, 1.82) is 0 Å². The number of aromatic nitrogens is 2. The second kappa shape index (κ2) is 9.07. The molecule has 0 spiro atoms. The third-order valence-corrected chi connectivity index (χ3v) is 6.39. The van der Waals surface area contributed by atoms with Crippen molar-refractivity contribution in [3.8, 4) is 5.75 Å². The molecule has 0 aliphatic carbocycles. The Morgan fingerprint density at radius 2 is 1.96 bits per heavy atom. The molecule has 1 atom stereocenters. The van der Waals surface area contributed by atoms with Crippen molar-refractivity contribution in [3.05, 3.63) is 54.0 Å². The van der Waals surface area contributed by atoms with Crippen LogP contribution in [0.25, 0.3) is 0 Å². The number of para-hydroxylation sites is 1. The van der Waals surface area contributed by atoms with Crippen LogP contribution in [0.2, 0.25) is 0 Å². The van der Waals surface area contributed by atoms with E-state index in [0.717, 1.165) is 25.6 Å². The van der Waals surface area contributed by atoms with Crippen LogP contribution < -0.4 is 10.1 Å². The van der Waals surface area contributed by atoms with Crippen LogP contribution in [-0.2, 0) is 4.79 Å². The zero-order valence-electron chi connectivity index (χ0n) is 14.2. The molecule has 1 heterocycles. The number of amides is 1. The number of methoxy groups -OCH3 is 1. The Labute approximate surface area is 164 Å². The van der Waals surface area contributed by atoms with Crippen molar-refractivity contribution in [2.24, 2.45) is 0 Å². The molecular weight excluding hydrogens is 386 g/mol. The highest BCUT2D eigenvalue weighted by atomic mass is 32.2. The highest BCUT2D eigenvalue weighted by Crippen LogP contribution is 2.34. The number of anilines is 1. The molecule has 0 aliphatic heterocycles. The molecule has 1 unspecified atom stereocenters. The third kappa shape index (κ3) is 5.00. The summed E-state index contributed by atoms with van der Waals surface area (Å²) in [4.78, 5) is 14.6. The Morgan fingerprint density at radius 1 is 1.19 bits per heavy atom. The van der Waals surface area contributed by atoms with E-state index in [1.807, 2.05) is 55.5 Å². The lowest BCUT2D eigenvalue weighted by molar-refractivity contribution is -0.115. The summed E-state index contributed by atoms with van der Waals surface area (Å²) in [5, 5.41) is 10.7.